The molecule has 0 saturated heterocycles. The van der Waals surface area contributed by atoms with Crippen LogP contribution in [0.5, 0.6) is 0 Å². The Hall–Kier alpha value is -0.110. The smallest absolute Gasteiger partial charge is 0.121 e. The van der Waals surface area contributed by atoms with Gasteiger partial charge in [-0.3, -0.25) is 0 Å². The van der Waals surface area contributed by atoms with Crippen LogP contribution in [-0.4, -0.2) is 19.4 Å². The van der Waals surface area contributed by atoms with Crippen molar-refractivity contribution in [1.82, 2.24) is 0 Å². The fourth-order valence-electron chi connectivity index (χ4n) is 0.803. The molecule has 0 fully saturated rings. The van der Waals surface area contributed by atoms with Crippen molar-refractivity contribution in [3.05, 3.63) is 6.92 Å². The summed E-state index contributed by atoms with van der Waals surface area (Å²) in [5, 5.41) is 0. The Morgan fingerprint density at radius 1 is 1.36 bits per heavy atom. The molecular formula is C9H18FO. The molecule has 2 heteroatoms. The summed E-state index contributed by atoms with van der Waals surface area (Å²) in [4.78, 5) is 0. The monoisotopic (exact) mass is 161 g/mol. The van der Waals surface area contributed by atoms with E-state index in [1.54, 1.807) is 0 Å². The molecule has 0 spiro atoms. The quantitative estimate of drug-likeness (QED) is 0.522. The summed E-state index contributed by atoms with van der Waals surface area (Å²) >= 11 is 0. The van der Waals surface area contributed by atoms with Gasteiger partial charge >= 0.3 is 0 Å². The summed E-state index contributed by atoms with van der Waals surface area (Å²) in [6.45, 7) is 6.17. The summed E-state index contributed by atoms with van der Waals surface area (Å²) < 4.78 is 17.2. The zero-order valence-electron chi connectivity index (χ0n) is 7.31. The van der Waals surface area contributed by atoms with Crippen molar-refractivity contribution < 1.29 is 9.13 Å². The highest BCUT2D eigenvalue weighted by atomic mass is 19.1. The fourth-order valence-corrected chi connectivity index (χ4v) is 0.803. The van der Waals surface area contributed by atoms with Crippen LogP contribution in [0.2, 0.25) is 0 Å². The maximum absolute atomic E-state index is 12.1. The molecule has 0 aliphatic carbocycles. The summed E-state index contributed by atoms with van der Waals surface area (Å²) in [6.07, 6.45) is 3.48. The minimum atomic E-state index is -0.831. The Bertz CT molecular complexity index is 74.0. The SMILES string of the molecule is [CH2]CCCCCOCC(C)F. The van der Waals surface area contributed by atoms with Gasteiger partial charge in [0.05, 0.1) is 6.61 Å². The summed E-state index contributed by atoms with van der Waals surface area (Å²) in [6, 6.07) is 0. The van der Waals surface area contributed by atoms with Gasteiger partial charge in [-0.05, 0) is 13.3 Å². The highest BCUT2D eigenvalue weighted by Gasteiger charge is 1.96. The highest BCUT2D eigenvalue weighted by molar-refractivity contribution is 4.45. The number of ether oxygens (including phenoxy) is 1. The number of halogens is 1. The van der Waals surface area contributed by atoms with Crippen LogP contribution in [0.4, 0.5) is 4.39 Å². The van der Waals surface area contributed by atoms with E-state index < -0.39 is 6.17 Å². The normalized spacial score (nSPS) is 13.4. The second-order valence-electron chi connectivity index (χ2n) is 2.77. The van der Waals surface area contributed by atoms with Crippen LogP contribution in [0.25, 0.3) is 0 Å². The second kappa shape index (κ2) is 7.99. The third-order valence-electron chi connectivity index (χ3n) is 1.39. The standard InChI is InChI=1S/C9H18FO/c1-3-4-5-6-7-11-8-9(2)10/h9H,1,3-8H2,2H3. The zero-order valence-corrected chi connectivity index (χ0v) is 7.31. The molecule has 0 rings (SSSR count). The average Bonchev–Trinajstić information content (AvgIpc) is 1.96. The van der Waals surface area contributed by atoms with Gasteiger partial charge in [0.2, 0.25) is 0 Å². The van der Waals surface area contributed by atoms with Gasteiger partial charge in [-0.1, -0.05) is 26.2 Å². The van der Waals surface area contributed by atoms with E-state index >= 15 is 0 Å². The van der Waals surface area contributed by atoms with Gasteiger partial charge in [0.25, 0.3) is 0 Å². The predicted octanol–water partition coefficient (Wildman–Crippen LogP) is 2.76. The highest BCUT2D eigenvalue weighted by Crippen LogP contribution is 1.99. The third kappa shape index (κ3) is 9.89. The molecule has 1 atom stereocenters. The lowest BCUT2D eigenvalue weighted by Crippen LogP contribution is -2.06. The van der Waals surface area contributed by atoms with Crippen molar-refractivity contribution in [2.75, 3.05) is 13.2 Å². The Labute approximate surface area is 68.9 Å². The van der Waals surface area contributed by atoms with Crippen LogP contribution in [0.15, 0.2) is 0 Å². The maximum atomic E-state index is 12.1. The van der Waals surface area contributed by atoms with Crippen LogP contribution < -0.4 is 0 Å². The number of unbranched alkanes of at least 4 members (excludes halogenated alkanes) is 3. The molecular weight excluding hydrogens is 143 g/mol. The lowest BCUT2D eigenvalue weighted by Gasteiger charge is -2.03. The van der Waals surface area contributed by atoms with Gasteiger partial charge in [0.15, 0.2) is 0 Å². The number of hydrogen-bond donors (Lipinski definition) is 0. The molecule has 0 saturated carbocycles. The average molecular weight is 161 g/mol. The first-order valence-electron chi connectivity index (χ1n) is 4.28. The first-order valence-corrected chi connectivity index (χ1v) is 4.28. The molecule has 1 nitrogen and oxygen atoms in total. The maximum Gasteiger partial charge on any atom is 0.121 e. The Morgan fingerprint density at radius 3 is 2.64 bits per heavy atom. The van der Waals surface area contributed by atoms with Crippen molar-refractivity contribution >= 4 is 0 Å². The molecule has 1 radical (unpaired) electrons. The molecule has 0 heterocycles. The van der Waals surface area contributed by atoms with E-state index in [1.165, 1.54) is 6.92 Å². The van der Waals surface area contributed by atoms with Crippen LogP contribution >= 0.6 is 0 Å². The summed E-state index contributed by atoms with van der Waals surface area (Å²) in [7, 11) is 0. The van der Waals surface area contributed by atoms with Crippen LogP contribution in [-0.2, 0) is 4.74 Å². The van der Waals surface area contributed by atoms with Crippen LogP contribution in [0.1, 0.15) is 32.6 Å². The van der Waals surface area contributed by atoms with Crippen molar-refractivity contribution in [2.45, 2.75) is 38.8 Å². The third-order valence-corrected chi connectivity index (χ3v) is 1.39. The fraction of sp³-hybridized carbons (Fsp3) is 0.889. The number of alkyl halides is 1. The molecule has 0 aromatic heterocycles. The molecule has 11 heavy (non-hydrogen) atoms. The van der Waals surface area contributed by atoms with Gasteiger partial charge < -0.3 is 4.74 Å². The Kier molecular flexibility index (Phi) is 7.91. The van der Waals surface area contributed by atoms with Gasteiger partial charge in [-0.25, -0.2) is 4.39 Å². The molecule has 0 aliphatic rings. The lowest BCUT2D eigenvalue weighted by atomic mass is 10.2. The van der Waals surface area contributed by atoms with E-state index in [4.69, 9.17) is 4.74 Å². The zero-order chi connectivity index (χ0) is 8.53. The minimum absolute atomic E-state index is 0.240. The Balaban J connectivity index is 2.80. The first kappa shape index (κ1) is 10.9. The van der Waals surface area contributed by atoms with E-state index in [9.17, 15) is 4.39 Å². The van der Waals surface area contributed by atoms with Crippen molar-refractivity contribution in [1.29, 1.82) is 0 Å². The lowest BCUT2D eigenvalue weighted by molar-refractivity contribution is 0.0847. The van der Waals surface area contributed by atoms with Gasteiger partial charge in [-0.2, -0.15) is 0 Å². The largest absolute Gasteiger partial charge is 0.378 e. The van der Waals surface area contributed by atoms with Crippen molar-refractivity contribution in [3.8, 4) is 0 Å². The molecule has 0 aromatic rings. The molecule has 0 amide bonds. The summed E-state index contributed by atoms with van der Waals surface area (Å²) in [5.41, 5.74) is 0. The predicted molar refractivity (Wildman–Crippen MR) is 45.2 cm³/mol. The molecule has 0 aromatic carbocycles. The van der Waals surface area contributed by atoms with Crippen LogP contribution in [0.3, 0.4) is 0 Å². The van der Waals surface area contributed by atoms with E-state index in [0.717, 1.165) is 25.7 Å². The molecule has 0 N–H and O–H groups in total. The molecule has 0 aliphatic heterocycles. The Morgan fingerprint density at radius 2 is 2.09 bits per heavy atom. The second-order valence-corrected chi connectivity index (χ2v) is 2.77. The van der Waals surface area contributed by atoms with Crippen molar-refractivity contribution in [3.63, 3.8) is 0 Å². The van der Waals surface area contributed by atoms with Crippen molar-refractivity contribution in [2.24, 2.45) is 0 Å². The molecule has 1 unspecified atom stereocenters. The summed E-state index contributed by atoms with van der Waals surface area (Å²) in [5.74, 6) is 0. The minimum Gasteiger partial charge on any atom is -0.378 e. The number of hydrogen-bond acceptors (Lipinski definition) is 1. The molecule has 67 valence electrons. The van der Waals surface area contributed by atoms with Crippen LogP contribution in [0, 0.1) is 6.92 Å². The van der Waals surface area contributed by atoms with Gasteiger partial charge in [-0.15, -0.1) is 0 Å². The van der Waals surface area contributed by atoms with E-state index in [-0.39, 0.29) is 6.61 Å². The van der Waals surface area contributed by atoms with Gasteiger partial charge in [0, 0.05) is 6.61 Å². The van der Waals surface area contributed by atoms with E-state index in [2.05, 4.69) is 6.92 Å². The van der Waals surface area contributed by atoms with Gasteiger partial charge in [0.1, 0.15) is 6.17 Å². The number of rotatable bonds is 7. The molecule has 0 bridgehead atoms. The van der Waals surface area contributed by atoms with E-state index in [1.807, 2.05) is 0 Å². The van der Waals surface area contributed by atoms with E-state index in [0.29, 0.717) is 6.61 Å². The topological polar surface area (TPSA) is 9.23 Å². The first-order chi connectivity index (χ1) is 5.27.